The van der Waals surface area contributed by atoms with Crippen molar-refractivity contribution in [3.05, 3.63) is 184 Å². The highest BCUT2D eigenvalue weighted by Gasteiger charge is 2.15. The molecule has 7 aromatic rings. The minimum atomic E-state index is -0.687. The molecular formula is C42H25ClF2N12O3. The average Bonchev–Trinajstić information content (AvgIpc) is 3.28. The lowest BCUT2D eigenvalue weighted by Crippen LogP contribution is -2.14. The summed E-state index contributed by atoms with van der Waals surface area (Å²) in [5, 5.41) is 48.6. The molecule has 0 radical (unpaired) electrons. The van der Waals surface area contributed by atoms with Crippen molar-refractivity contribution in [2.24, 2.45) is 0 Å². The topological polar surface area (TPSA) is 236 Å². The summed E-state index contributed by atoms with van der Waals surface area (Å²) < 4.78 is 27.2. The summed E-state index contributed by atoms with van der Waals surface area (Å²) in [5.74, 6) is -3.05. The number of benzene rings is 3. The molecule has 60 heavy (non-hydrogen) atoms. The lowest BCUT2D eigenvalue weighted by Gasteiger charge is -2.07. The smallest absolute Gasteiger partial charge is 0.258 e. The van der Waals surface area contributed by atoms with Crippen molar-refractivity contribution in [1.29, 1.82) is 15.8 Å². The van der Waals surface area contributed by atoms with Crippen molar-refractivity contribution in [3.8, 4) is 29.5 Å². The normalized spacial score (nSPS) is 9.73. The number of amides is 3. The zero-order valence-electron chi connectivity index (χ0n) is 30.6. The third-order valence-electron chi connectivity index (χ3n) is 7.70. The van der Waals surface area contributed by atoms with Gasteiger partial charge in [-0.05, 0) is 91.0 Å². The van der Waals surface area contributed by atoms with E-state index in [0.29, 0.717) is 22.6 Å². The first-order valence-electron chi connectivity index (χ1n) is 17.0. The highest BCUT2D eigenvalue weighted by molar-refractivity contribution is 6.34. The third kappa shape index (κ3) is 11.8. The fraction of sp³-hybridized carbons (Fsp3) is 0. The molecule has 0 saturated heterocycles. The van der Waals surface area contributed by atoms with Gasteiger partial charge in [-0.1, -0.05) is 11.6 Å². The van der Waals surface area contributed by atoms with Crippen LogP contribution in [-0.2, 0) is 0 Å². The second-order valence-electron chi connectivity index (χ2n) is 11.7. The number of nitriles is 3. The van der Waals surface area contributed by atoms with Gasteiger partial charge >= 0.3 is 0 Å². The monoisotopic (exact) mass is 818 g/mol. The highest BCUT2D eigenvalue weighted by Crippen LogP contribution is 2.20. The lowest BCUT2D eigenvalue weighted by molar-refractivity contribution is 0.101. The Hall–Kier alpha value is -8.85. The number of hydrogen-bond acceptors (Lipinski definition) is 12. The van der Waals surface area contributed by atoms with E-state index in [2.05, 4.69) is 46.3 Å². The minimum absolute atomic E-state index is 0.188. The molecule has 0 unspecified atom stereocenters. The second kappa shape index (κ2) is 20.9. The van der Waals surface area contributed by atoms with E-state index in [4.69, 9.17) is 27.4 Å². The van der Waals surface area contributed by atoms with E-state index >= 15 is 0 Å². The Morgan fingerprint density at radius 2 is 0.967 bits per heavy atom. The Bertz CT molecular complexity index is 2650. The van der Waals surface area contributed by atoms with Gasteiger partial charge in [0.1, 0.15) is 11.6 Å². The number of halogens is 3. The number of carbonyl (C=O) groups excluding carboxylic acids is 3. The Kier molecular flexibility index (Phi) is 14.7. The first-order valence-corrected chi connectivity index (χ1v) is 17.4. The second-order valence-corrected chi connectivity index (χ2v) is 12.1. The molecule has 3 N–H and O–H groups in total. The number of carbonyl (C=O) groups is 3. The van der Waals surface area contributed by atoms with Crippen molar-refractivity contribution in [3.63, 3.8) is 0 Å². The highest BCUT2D eigenvalue weighted by atomic mass is 35.5. The summed E-state index contributed by atoms with van der Waals surface area (Å²) in [6, 6.07) is 27.6. The molecule has 0 spiro atoms. The number of rotatable bonds is 7. The quantitative estimate of drug-likeness (QED) is 0.143. The number of nitrogens with one attached hydrogen (secondary N) is 3. The maximum absolute atomic E-state index is 13.8. The molecule has 292 valence electrons. The number of pyridine rings is 2. The first-order chi connectivity index (χ1) is 29.1. The van der Waals surface area contributed by atoms with Crippen LogP contribution in [0.4, 0.5) is 25.8 Å². The maximum atomic E-state index is 13.8. The van der Waals surface area contributed by atoms with Gasteiger partial charge in [-0.2, -0.15) is 36.2 Å². The molecule has 0 atom stereocenters. The zero-order chi connectivity index (χ0) is 42.9. The van der Waals surface area contributed by atoms with Crippen LogP contribution in [-0.4, -0.2) is 48.1 Å². The van der Waals surface area contributed by atoms with Crippen LogP contribution < -0.4 is 16.0 Å². The average molecular weight is 819 g/mol. The SMILES string of the molecule is N#Cc1ccc(Cl)c(C(=O)Nc2ccnnc2)c1.N#Cc1ccc(F)c(C(=O)Nc2ccc(-c3ccncc3)nc2)c1.N#Cc1ccc(F)c(C(=O)Nc2ccnnc2)c1. The molecule has 3 amide bonds. The van der Waals surface area contributed by atoms with E-state index in [9.17, 15) is 23.2 Å². The zero-order valence-corrected chi connectivity index (χ0v) is 31.3. The molecule has 18 heteroatoms. The molecule has 7 rings (SSSR count). The molecule has 0 bridgehead atoms. The molecular weight excluding hydrogens is 794 g/mol. The predicted molar refractivity (Wildman–Crippen MR) is 214 cm³/mol. The van der Waals surface area contributed by atoms with Crippen LogP contribution in [0, 0.1) is 45.6 Å². The van der Waals surface area contributed by atoms with Crippen LogP contribution in [0.2, 0.25) is 5.02 Å². The van der Waals surface area contributed by atoms with Crippen LogP contribution in [0.3, 0.4) is 0 Å². The number of hydrogen-bond donors (Lipinski definition) is 3. The van der Waals surface area contributed by atoms with Gasteiger partial charge < -0.3 is 16.0 Å². The van der Waals surface area contributed by atoms with Gasteiger partial charge in [0.25, 0.3) is 17.7 Å². The largest absolute Gasteiger partial charge is 0.320 e. The molecule has 15 nitrogen and oxygen atoms in total. The molecule has 4 heterocycles. The summed E-state index contributed by atoms with van der Waals surface area (Å²) in [7, 11) is 0. The van der Waals surface area contributed by atoms with E-state index in [1.807, 2.05) is 30.3 Å². The third-order valence-corrected chi connectivity index (χ3v) is 8.03. The number of anilines is 3. The van der Waals surface area contributed by atoms with E-state index in [0.717, 1.165) is 23.4 Å². The van der Waals surface area contributed by atoms with Gasteiger partial charge in [-0.15, -0.1) is 0 Å². The molecule has 0 aliphatic rings. The first kappa shape index (κ1) is 42.3. The van der Waals surface area contributed by atoms with Crippen LogP contribution in [0.5, 0.6) is 0 Å². The lowest BCUT2D eigenvalue weighted by atomic mass is 10.1. The van der Waals surface area contributed by atoms with Crippen LogP contribution in [0.15, 0.2) is 134 Å². The number of nitrogens with zero attached hydrogens (tertiary/aromatic N) is 9. The molecule has 0 saturated carbocycles. The van der Waals surface area contributed by atoms with Gasteiger partial charge in [0.2, 0.25) is 0 Å². The van der Waals surface area contributed by atoms with Crippen molar-refractivity contribution in [1.82, 2.24) is 30.4 Å². The summed E-state index contributed by atoms with van der Waals surface area (Å²) in [4.78, 5) is 44.1. The van der Waals surface area contributed by atoms with Crippen LogP contribution in [0.1, 0.15) is 47.8 Å². The maximum Gasteiger partial charge on any atom is 0.258 e. The Balaban J connectivity index is 0.000000174. The van der Waals surface area contributed by atoms with E-state index in [1.54, 1.807) is 36.7 Å². The Morgan fingerprint density at radius 1 is 0.517 bits per heavy atom. The fourth-order valence-electron chi connectivity index (χ4n) is 4.79. The fourth-order valence-corrected chi connectivity index (χ4v) is 5.00. The molecule has 3 aromatic carbocycles. The van der Waals surface area contributed by atoms with Crippen LogP contribution in [0.25, 0.3) is 11.3 Å². The summed E-state index contributed by atoms with van der Waals surface area (Å²) in [6.45, 7) is 0. The number of aromatic nitrogens is 6. The molecule has 4 aromatic heterocycles. The van der Waals surface area contributed by atoms with Crippen LogP contribution >= 0.6 is 11.6 Å². The van der Waals surface area contributed by atoms with Gasteiger partial charge in [0, 0.05) is 18.0 Å². The van der Waals surface area contributed by atoms with E-state index in [-0.39, 0.29) is 32.8 Å². The van der Waals surface area contributed by atoms with E-state index < -0.39 is 29.4 Å². The Labute approximate surface area is 344 Å². The van der Waals surface area contributed by atoms with Gasteiger partial charge in [0.05, 0.1) is 110 Å². The molecule has 0 aliphatic heterocycles. The summed E-state index contributed by atoms with van der Waals surface area (Å²) in [6.07, 6.45) is 10.4. The Morgan fingerprint density at radius 3 is 1.40 bits per heavy atom. The van der Waals surface area contributed by atoms with Gasteiger partial charge in [-0.3, -0.25) is 24.4 Å². The van der Waals surface area contributed by atoms with Crippen molar-refractivity contribution in [2.75, 3.05) is 16.0 Å². The van der Waals surface area contributed by atoms with Crippen molar-refractivity contribution >= 4 is 46.4 Å². The van der Waals surface area contributed by atoms with E-state index in [1.165, 1.54) is 73.4 Å². The predicted octanol–water partition coefficient (Wildman–Crippen LogP) is 7.40. The summed E-state index contributed by atoms with van der Waals surface area (Å²) >= 11 is 5.92. The van der Waals surface area contributed by atoms with Gasteiger partial charge in [0.15, 0.2) is 0 Å². The summed E-state index contributed by atoms with van der Waals surface area (Å²) in [5.41, 5.74) is 3.64. The van der Waals surface area contributed by atoms with Gasteiger partial charge in [-0.25, -0.2) is 8.78 Å². The molecule has 0 fully saturated rings. The molecule has 0 aliphatic carbocycles. The standard InChI is InChI=1S/C18H11FN4O.C12H7ClN4O.C12H7FN4O/c19-16-3-1-12(10-20)9-15(16)18(24)23-14-2-4-17(22-11-14)13-5-7-21-8-6-13;2*13-11-2-1-8(6-14)5-10(11)12(18)17-9-3-4-15-16-7-9/h1-9,11H,(H,23,24);2*1-5,7H,(H,15,17,18). The minimum Gasteiger partial charge on any atom is -0.320 e. The van der Waals surface area contributed by atoms with Crippen molar-refractivity contribution in [2.45, 2.75) is 0 Å². The van der Waals surface area contributed by atoms with Crippen molar-refractivity contribution < 1.29 is 23.2 Å².